The normalized spacial score (nSPS) is 10.1. The molecule has 0 fully saturated rings. The van der Waals surface area contributed by atoms with Crippen LogP contribution in [0.2, 0.25) is 0 Å². The topological polar surface area (TPSA) is 104 Å². The fourth-order valence-electron chi connectivity index (χ4n) is 0.803. The molecule has 15 heavy (non-hydrogen) atoms. The summed E-state index contributed by atoms with van der Waals surface area (Å²) in [6, 6.07) is 7.80. The molecule has 86 valence electrons. The van der Waals surface area contributed by atoms with Crippen LogP contribution in [0.15, 0.2) is 24.3 Å². The molecule has 0 spiro atoms. The smallest absolute Gasteiger partial charge is 0.394 e. The van der Waals surface area contributed by atoms with Crippen molar-refractivity contribution in [3.8, 4) is 0 Å². The van der Waals surface area contributed by atoms with E-state index in [4.69, 9.17) is 23.3 Å². The Morgan fingerprint density at radius 2 is 1.73 bits per heavy atom. The molecule has 0 radical (unpaired) electrons. The maximum absolute atomic E-state index is 8.74. The third-order valence-electron chi connectivity index (χ3n) is 1.39. The van der Waals surface area contributed by atoms with Gasteiger partial charge in [0.1, 0.15) is 0 Å². The third-order valence-corrected chi connectivity index (χ3v) is 1.39. The highest BCUT2D eigenvalue weighted by atomic mass is 32.3. The molecule has 4 N–H and O–H groups in total. The van der Waals surface area contributed by atoms with Crippen LogP contribution in [0.5, 0.6) is 0 Å². The van der Waals surface area contributed by atoms with Crippen molar-refractivity contribution < 1.29 is 17.5 Å². The lowest BCUT2D eigenvalue weighted by atomic mass is 10.3. The zero-order valence-electron chi connectivity index (χ0n) is 8.45. The van der Waals surface area contributed by atoms with Gasteiger partial charge in [-0.15, -0.1) is 0 Å². The molecule has 1 aromatic rings. The summed E-state index contributed by atoms with van der Waals surface area (Å²) < 4.78 is 31.6. The van der Waals surface area contributed by atoms with Crippen LogP contribution in [-0.4, -0.2) is 31.6 Å². The molecule has 0 bridgehead atoms. The molecule has 0 unspecified atom stereocenters. The Labute approximate surface area is 88.9 Å². The lowest BCUT2D eigenvalue weighted by Gasteiger charge is -2.11. The summed E-state index contributed by atoms with van der Waals surface area (Å²) in [6.45, 7) is 0. The predicted molar refractivity (Wildman–Crippen MR) is 59.4 cm³/mol. The Kier molecular flexibility index (Phi) is 5.06. The highest BCUT2D eigenvalue weighted by Gasteiger charge is 1.92. The van der Waals surface area contributed by atoms with E-state index in [-0.39, 0.29) is 0 Å². The van der Waals surface area contributed by atoms with Crippen LogP contribution in [0.25, 0.3) is 0 Å². The maximum Gasteiger partial charge on any atom is 0.394 e. The average molecular weight is 234 g/mol. The van der Waals surface area contributed by atoms with E-state index in [0.717, 1.165) is 11.4 Å². The molecule has 1 rings (SSSR count). The molecule has 0 atom stereocenters. The summed E-state index contributed by atoms with van der Waals surface area (Å²) in [4.78, 5) is 2.02. The molecule has 0 heterocycles. The quantitative estimate of drug-likeness (QED) is 0.487. The first-order valence-electron chi connectivity index (χ1n) is 3.93. The Balaban J connectivity index is 0.000000336. The summed E-state index contributed by atoms with van der Waals surface area (Å²) in [5.41, 5.74) is 7.52. The van der Waals surface area contributed by atoms with Gasteiger partial charge >= 0.3 is 10.4 Å². The van der Waals surface area contributed by atoms with Crippen molar-refractivity contribution in [2.24, 2.45) is 0 Å². The number of rotatable bonds is 1. The number of nitrogen functional groups attached to an aromatic ring is 1. The minimum atomic E-state index is -4.67. The van der Waals surface area contributed by atoms with Crippen LogP contribution in [0.3, 0.4) is 0 Å². The molecule has 0 aliphatic carbocycles. The van der Waals surface area contributed by atoms with Gasteiger partial charge in [0.15, 0.2) is 0 Å². The van der Waals surface area contributed by atoms with E-state index in [1.807, 2.05) is 43.3 Å². The largest absolute Gasteiger partial charge is 0.399 e. The molecular formula is C8H14N2O4S. The summed E-state index contributed by atoms with van der Waals surface area (Å²) in [6.07, 6.45) is 0. The van der Waals surface area contributed by atoms with E-state index in [9.17, 15) is 0 Å². The first-order valence-corrected chi connectivity index (χ1v) is 5.32. The van der Waals surface area contributed by atoms with Crippen molar-refractivity contribution in [3.63, 3.8) is 0 Å². The first kappa shape index (κ1) is 13.7. The zero-order valence-corrected chi connectivity index (χ0v) is 9.27. The molecular weight excluding hydrogens is 220 g/mol. The summed E-state index contributed by atoms with van der Waals surface area (Å²) in [5, 5.41) is 0. The van der Waals surface area contributed by atoms with Crippen LogP contribution >= 0.6 is 0 Å². The van der Waals surface area contributed by atoms with E-state index in [0.29, 0.717) is 0 Å². The van der Waals surface area contributed by atoms with Crippen LogP contribution in [0, 0.1) is 0 Å². The van der Waals surface area contributed by atoms with Crippen LogP contribution in [0.4, 0.5) is 11.4 Å². The SMILES string of the molecule is CN(C)c1cccc(N)c1.O=S(=O)(O)O. The van der Waals surface area contributed by atoms with Crippen molar-refractivity contribution in [2.45, 2.75) is 0 Å². The molecule has 6 nitrogen and oxygen atoms in total. The van der Waals surface area contributed by atoms with Gasteiger partial charge in [-0.05, 0) is 18.2 Å². The number of anilines is 2. The second-order valence-corrected chi connectivity index (χ2v) is 3.83. The molecule has 0 aliphatic heterocycles. The maximum atomic E-state index is 8.74. The van der Waals surface area contributed by atoms with Gasteiger partial charge in [-0.2, -0.15) is 8.42 Å². The van der Waals surface area contributed by atoms with Gasteiger partial charge in [0.25, 0.3) is 0 Å². The highest BCUT2D eigenvalue weighted by molar-refractivity contribution is 7.79. The van der Waals surface area contributed by atoms with Crippen LogP contribution in [0.1, 0.15) is 0 Å². The fourth-order valence-corrected chi connectivity index (χ4v) is 0.803. The summed E-state index contributed by atoms with van der Waals surface area (Å²) in [7, 11) is -0.677. The Morgan fingerprint density at radius 1 is 1.27 bits per heavy atom. The van der Waals surface area contributed by atoms with Gasteiger partial charge in [0.2, 0.25) is 0 Å². The van der Waals surface area contributed by atoms with Gasteiger partial charge in [-0.1, -0.05) is 6.07 Å². The number of nitrogens with two attached hydrogens (primary N) is 1. The number of hydrogen-bond acceptors (Lipinski definition) is 4. The van der Waals surface area contributed by atoms with E-state index in [2.05, 4.69) is 0 Å². The average Bonchev–Trinajstić information content (AvgIpc) is 2.00. The minimum Gasteiger partial charge on any atom is -0.399 e. The molecule has 0 saturated carbocycles. The van der Waals surface area contributed by atoms with Gasteiger partial charge in [-0.3, -0.25) is 9.11 Å². The Bertz CT molecular complexity index is 395. The highest BCUT2D eigenvalue weighted by Crippen LogP contribution is 2.13. The van der Waals surface area contributed by atoms with Crippen molar-refractivity contribution in [1.82, 2.24) is 0 Å². The molecule has 0 amide bonds. The molecule has 0 aliphatic rings. The Morgan fingerprint density at radius 3 is 2.00 bits per heavy atom. The second-order valence-electron chi connectivity index (χ2n) is 2.94. The standard InChI is InChI=1S/C8H12N2.H2O4S/c1-10(2)8-5-3-4-7(9)6-8;1-5(2,3)4/h3-6H,9H2,1-2H3;(H2,1,2,3,4). The van der Waals surface area contributed by atoms with E-state index < -0.39 is 10.4 Å². The Hall–Kier alpha value is -1.31. The summed E-state index contributed by atoms with van der Waals surface area (Å²) >= 11 is 0. The number of nitrogens with zero attached hydrogens (tertiary/aromatic N) is 1. The van der Waals surface area contributed by atoms with Gasteiger partial charge < -0.3 is 10.6 Å². The summed E-state index contributed by atoms with van der Waals surface area (Å²) in [5.74, 6) is 0. The van der Waals surface area contributed by atoms with Gasteiger partial charge in [-0.25, -0.2) is 0 Å². The van der Waals surface area contributed by atoms with Crippen LogP contribution in [-0.2, 0) is 10.4 Å². The van der Waals surface area contributed by atoms with Gasteiger partial charge in [0.05, 0.1) is 0 Å². The molecule has 0 aromatic heterocycles. The minimum absolute atomic E-state index is 0.811. The monoisotopic (exact) mass is 234 g/mol. The number of hydrogen-bond donors (Lipinski definition) is 3. The zero-order chi connectivity index (χ0) is 12.1. The first-order chi connectivity index (χ1) is 6.70. The van der Waals surface area contributed by atoms with Crippen molar-refractivity contribution >= 4 is 21.8 Å². The van der Waals surface area contributed by atoms with Crippen LogP contribution < -0.4 is 10.6 Å². The lowest BCUT2D eigenvalue weighted by molar-refractivity contribution is 0.381. The fraction of sp³-hybridized carbons (Fsp3) is 0.250. The van der Waals surface area contributed by atoms with E-state index >= 15 is 0 Å². The number of benzene rings is 1. The second kappa shape index (κ2) is 5.54. The lowest BCUT2D eigenvalue weighted by Crippen LogP contribution is -2.08. The van der Waals surface area contributed by atoms with E-state index in [1.54, 1.807) is 0 Å². The van der Waals surface area contributed by atoms with E-state index in [1.165, 1.54) is 0 Å². The molecule has 0 saturated heterocycles. The molecule has 1 aromatic carbocycles. The molecule has 7 heteroatoms. The predicted octanol–water partition coefficient (Wildman–Crippen LogP) is 0.682. The van der Waals surface area contributed by atoms with Crippen molar-refractivity contribution in [1.29, 1.82) is 0 Å². The van der Waals surface area contributed by atoms with Crippen molar-refractivity contribution in [3.05, 3.63) is 24.3 Å². The van der Waals surface area contributed by atoms with Crippen molar-refractivity contribution in [2.75, 3.05) is 24.7 Å². The van der Waals surface area contributed by atoms with Gasteiger partial charge in [0, 0.05) is 25.5 Å². The third kappa shape index (κ3) is 9.01.